The second-order valence-corrected chi connectivity index (χ2v) is 5.05. The second kappa shape index (κ2) is 7.20. The van der Waals surface area contributed by atoms with Crippen LogP contribution >= 0.6 is 0 Å². The van der Waals surface area contributed by atoms with E-state index in [0.29, 0.717) is 11.4 Å². The van der Waals surface area contributed by atoms with Gasteiger partial charge in [-0.2, -0.15) is 15.6 Å². The van der Waals surface area contributed by atoms with E-state index >= 15 is 0 Å². The van der Waals surface area contributed by atoms with Crippen LogP contribution in [-0.2, 0) is 0 Å². The average molecular weight is 313 g/mol. The van der Waals surface area contributed by atoms with E-state index in [4.69, 9.17) is 10.5 Å². The molecule has 9 heteroatoms. The van der Waals surface area contributed by atoms with Gasteiger partial charge in [0, 0.05) is 32.2 Å². The van der Waals surface area contributed by atoms with E-state index in [2.05, 4.69) is 15.4 Å². The van der Waals surface area contributed by atoms with Gasteiger partial charge < -0.3 is 9.80 Å². The van der Waals surface area contributed by atoms with Gasteiger partial charge in [-0.3, -0.25) is 15.5 Å². The SMILES string of the molecule is CN1CCN(c2ccc(NN=C(C#N)C#N)cc2[N+](=O)[O-])CC1. The lowest BCUT2D eigenvalue weighted by Crippen LogP contribution is -2.44. The van der Waals surface area contributed by atoms with Crippen molar-refractivity contribution < 1.29 is 4.92 Å². The normalized spacial score (nSPS) is 14.5. The molecule has 0 aliphatic carbocycles. The average Bonchev–Trinajstić information content (AvgIpc) is 2.56. The Morgan fingerprint density at radius 1 is 1.30 bits per heavy atom. The first-order chi connectivity index (χ1) is 11.0. The molecule has 0 radical (unpaired) electrons. The number of hydrogen-bond acceptors (Lipinski definition) is 8. The molecule has 1 saturated heterocycles. The van der Waals surface area contributed by atoms with Gasteiger partial charge in [0.05, 0.1) is 10.6 Å². The summed E-state index contributed by atoms with van der Waals surface area (Å²) in [6.07, 6.45) is 0. The molecule has 118 valence electrons. The number of nitrogens with one attached hydrogen (secondary N) is 1. The first-order valence-electron chi connectivity index (χ1n) is 6.91. The third-order valence-corrected chi connectivity index (χ3v) is 3.52. The summed E-state index contributed by atoms with van der Waals surface area (Å²) in [6.45, 7) is 3.12. The van der Waals surface area contributed by atoms with E-state index in [-0.39, 0.29) is 11.4 Å². The van der Waals surface area contributed by atoms with E-state index in [1.165, 1.54) is 6.07 Å². The van der Waals surface area contributed by atoms with Crippen molar-refractivity contribution in [1.29, 1.82) is 10.5 Å². The highest BCUT2D eigenvalue weighted by Gasteiger charge is 2.23. The van der Waals surface area contributed by atoms with Crippen LogP contribution < -0.4 is 10.3 Å². The Labute approximate surface area is 133 Å². The predicted octanol–water partition coefficient (Wildman–Crippen LogP) is 1.16. The molecule has 23 heavy (non-hydrogen) atoms. The Balaban J connectivity index is 2.25. The van der Waals surface area contributed by atoms with E-state index in [1.807, 2.05) is 11.9 Å². The van der Waals surface area contributed by atoms with Crippen molar-refractivity contribution in [2.24, 2.45) is 5.10 Å². The van der Waals surface area contributed by atoms with Gasteiger partial charge in [-0.25, -0.2) is 0 Å². The standard InChI is InChI=1S/C14H15N7O2/c1-19-4-6-20(7-5-19)13-3-2-11(8-14(13)21(22)23)17-18-12(9-15)10-16/h2-3,8,17H,4-7H2,1H3. The summed E-state index contributed by atoms with van der Waals surface area (Å²) in [5.74, 6) is 0. The number of likely N-dealkylation sites (N-methyl/N-ethyl adjacent to an activating group) is 1. The highest BCUT2D eigenvalue weighted by molar-refractivity contribution is 6.10. The maximum Gasteiger partial charge on any atom is 0.294 e. The van der Waals surface area contributed by atoms with Crippen LogP contribution in [0.5, 0.6) is 0 Å². The summed E-state index contributed by atoms with van der Waals surface area (Å²) in [5, 5.41) is 32.2. The van der Waals surface area contributed by atoms with Crippen LogP contribution in [0.2, 0.25) is 0 Å². The molecule has 0 bridgehead atoms. The van der Waals surface area contributed by atoms with Crippen molar-refractivity contribution in [3.63, 3.8) is 0 Å². The molecular weight excluding hydrogens is 298 g/mol. The van der Waals surface area contributed by atoms with Gasteiger partial charge in [0.15, 0.2) is 0 Å². The Bertz CT molecular complexity index is 693. The van der Waals surface area contributed by atoms with Crippen LogP contribution in [0.25, 0.3) is 0 Å². The van der Waals surface area contributed by atoms with Crippen molar-refractivity contribution in [1.82, 2.24) is 4.90 Å². The lowest BCUT2D eigenvalue weighted by atomic mass is 10.2. The Hall–Kier alpha value is -3.17. The van der Waals surface area contributed by atoms with Gasteiger partial charge in [-0.15, -0.1) is 0 Å². The van der Waals surface area contributed by atoms with Crippen molar-refractivity contribution in [2.75, 3.05) is 43.6 Å². The molecule has 2 rings (SSSR count). The zero-order chi connectivity index (χ0) is 16.8. The first kappa shape index (κ1) is 16.2. The largest absolute Gasteiger partial charge is 0.363 e. The molecule has 1 N–H and O–H groups in total. The first-order valence-corrected chi connectivity index (χ1v) is 6.91. The number of nitrogens with zero attached hydrogens (tertiary/aromatic N) is 6. The summed E-state index contributed by atoms with van der Waals surface area (Å²) in [7, 11) is 2.01. The zero-order valence-corrected chi connectivity index (χ0v) is 12.6. The van der Waals surface area contributed by atoms with Crippen molar-refractivity contribution in [3.05, 3.63) is 28.3 Å². The monoisotopic (exact) mass is 313 g/mol. The molecule has 0 amide bonds. The minimum atomic E-state index is -0.446. The molecule has 0 atom stereocenters. The fraction of sp³-hybridized carbons (Fsp3) is 0.357. The highest BCUT2D eigenvalue weighted by atomic mass is 16.6. The smallest absolute Gasteiger partial charge is 0.294 e. The molecule has 1 aliphatic heterocycles. The number of hydrogen-bond donors (Lipinski definition) is 1. The van der Waals surface area contributed by atoms with E-state index in [1.54, 1.807) is 24.3 Å². The predicted molar refractivity (Wildman–Crippen MR) is 85.1 cm³/mol. The van der Waals surface area contributed by atoms with Crippen molar-refractivity contribution >= 4 is 22.8 Å². The van der Waals surface area contributed by atoms with Crippen LogP contribution in [0.15, 0.2) is 23.3 Å². The quantitative estimate of drug-likeness (QED) is 0.503. The van der Waals surface area contributed by atoms with Crippen molar-refractivity contribution in [2.45, 2.75) is 0 Å². The fourth-order valence-electron chi connectivity index (χ4n) is 2.25. The molecule has 0 spiro atoms. The number of nitriles is 2. The van der Waals surface area contributed by atoms with Crippen LogP contribution in [-0.4, -0.2) is 48.8 Å². The van der Waals surface area contributed by atoms with Crippen LogP contribution in [0.3, 0.4) is 0 Å². The summed E-state index contributed by atoms with van der Waals surface area (Å²) >= 11 is 0. The number of piperazine rings is 1. The van der Waals surface area contributed by atoms with Gasteiger partial charge in [-0.1, -0.05) is 0 Å². The number of rotatable bonds is 4. The topological polar surface area (TPSA) is 122 Å². The maximum atomic E-state index is 11.3. The molecule has 1 fully saturated rings. The summed E-state index contributed by atoms with van der Waals surface area (Å²) in [5.41, 5.74) is 3.00. The van der Waals surface area contributed by atoms with Gasteiger partial charge in [0.1, 0.15) is 17.8 Å². The molecule has 0 saturated carbocycles. The summed E-state index contributed by atoms with van der Waals surface area (Å²) < 4.78 is 0. The van der Waals surface area contributed by atoms with Crippen LogP contribution in [0.4, 0.5) is 17.1 Å². The number of nitro benzene ring substituents is 1. The van der Waals surface area contributed by atoms with Gasteiger partial charge in [-0.05, 0) is 19.2 Å². The number of anilines is 2. The molecular formula is C14H15N7O2. The minimum absolute atomic E-state index is 0.0368. The molecule has 1 aliphatic rings. The molecule has 1 aromatic carbocycles. The summed E-state index contributed by atoms with van der Waals surface area (Å²) in [6, 6.07) is 7.85. The Morgan fingerprint density at radius 3 is 2.52 bits per heavy atom. The molecule has 1 heterocycles. The lowest BCUT2D eigenvalue weighted by molar-refractivity contribution is -0.384. The third kappa shape index (κ3) is 3.93. The third-order valence-electron chi connectivity index (χ3n) is 3.52. The van der Waals surface area contributed by atoms with E-state index in [9.17, 15) is 10.1 Å². The maximum absolute atomic E-state index is 11.3. The zero-order valence-electron chi connectivity index (χ0n) is 12.6. The van der Waals surface area contributed by atoms with Crippen LogP contribution in [0.1, 0.15) is 0 Å². The van der Waals surface area contributed by atoms with Gasteiger partial charge >= 0.3 is 0 Å². The molecule has 1 aromatic rings. The number of hydrazone groups is 1. The fourth-order valence-corrected chi connectivity index (χ4v) is 2.25. The molecule has 0 aromatic heterocycles. The molecule has 0 unspecified atom stereocenters. The molecule has 9 nitrogen and oxygen atoms in total. The van der Waals surface area contributed by atoms with Gasteiger partial charge in [0.2, 0.25) is 5.71 Å². The number of nitro groups is 1. The summed E-state index contributed by atoms with van der Waals surface area (Å²) in [4.78, 5) is 15.0. The minimum Gasteiger partial charge on any atom is -0.363 e. The van der Waals surface area contributed by atoms with Gasteiger partial charge in [0.25, 0.3) is 5.69 Å². The highest BCUT2D eigenvalue weighted by Crippen LogP contribution is 2.31. The second-order valence-electron chi connectivity index (χ2n) is 5.05. The van der Waals surface area contributed by atoms with Crippen molar-refractivity contribution in [3.8, 4) is 12.1 Å². The number of benzene rings is 1. The lowest BCUT2D eigenvalue weighted by Gasteiger charge is -2.33. The van der Waals surface area contributed by atoms with E-state index < -0.39 is 4.92 Å². The van der Waals surface area contributed by atoms with E-state index in [0.717, 1.165) is 26.2 Å². The Morgan fingerprint density at radius 2 is 1.96 bits per heavy atom. The van der Waals surface area contributed by atoms with Crippen LogP contribution in [0, 0.1) is 32.8 Å². The Kier molecular flexibility index (Phi) is 5.07.